The minimum atomic E-state index is -1.12. The van der Waals surface area contributed by atoms with Crippen LogP contribution in [0.4, 0.5) is 5.69 Å². The number of fused-ring (bicyclic) bond motifs is 1. The molecular formula is C20H13BrN2O4S. The second-order valence-corrected chi connectivity index (χ2v) is 7.91. The zero-order chi connectivity index (χ0) is 19.8. The fraction of sp³-hybridized carbons (Fsp3) is 0.0500. The van der Waals surface area contributed by atoms with Crippen molar-refractivity contribution in [3.05, 3.63) is 69.3 Å². The maximum absolute atomic E-state index is 12.6. The van der Waals surface area contributed by atoms with E-state index >= 15 is 0 Å². The fourth-order valence-electron chi connectivity index (χ4n) is 2.79. The molecule has 0 aliphatic heterocycles. The Balaban J connectivity index is 1.67. The molecule has 140 valence electrons. The van der Waals surface area contributed by atoms with Gasteiger partial charge in [0.05, 0.1) is 10.6 Å². The Bertz CT molecular complexity index is 1210. The number of rotatable bonds is 4. The number of amides is 1. The molecular weight excluding hydrogens is 444 g/mol. The van der Waals surface area contributed by atoms with Gasteiger partial charge in [-0.05, 0) is 42.3 Å². The van der Waals surface area contributed by atoms with Crippen LogP contribution >= 0.6 is 27.3 Å². The Morgan fingerprint density at radius 2 is 1.93 bits per heavy atom. The number of carbonyl (C=O) groups excluding carboxylic acids is 1. The number of benzene rings is 2. The summed E-state index contributed by atoms with van der Waals surface area (Å²) in [7, 11) is 0. The lowest BCUT2D eigenvalue weighted by molar-refractivity contribution is 0.0699. The zero-order valence-corrected chi connectivity index (χ0v) is 16.9. The van der Waals surface area contributed by atoms with Gasteiger partial charge in [0.15, 0.2) is 5.58 Å². The maximum Gasteiger partial charge on any atom is 0.339 e. The number of anilines is 1. The molecule has 2 N–H and O–H groups in total. The maximum atomic E-state index is 12.6. The number of carboxylic acid groups (broad SMARTS) is 1. The highest BCUT2D eigenvalue weighted by Crippen LogP contribution is 2.36. The standard InChI is InChI=1S/C20H13BrN2O4S/c1-10-2-7-15-13(8-10)23-19(27-15)18(24)22-14-9-28-17(16(14)20(25)26)11-3-5-12(21)6-4-11/h2-9H,1H3,(H,22,24)(H,25,26). The molecule has 2 heterocycles. The number of thiophene rings is 1. The van der Waals surface area contributed by atoms with Crippen molar-refractivity contribution >= 4 is 55.9 Å². The molecule has 0 spiro atoms. The van der Waals surface area contributed by atoms with Gasteiger partial charge in [-0.2, -0.15) is 0 Å². The summed E-state index contributed by atoms with van der Waals surface area (Å²) < 4.78 is 6.38. The smallest absolute Gasteiger partial charge is 0.339 e. The van der Waals surface area contributed by atoms with Crippen LogP contribution in [0.1, 0.15) is 26.6 Å². The zero-order valence-electron chi connectivity index (χ0n) is 14.5. The number of aromatic nitrogens is 1. The molecule has 0 saturated carbocycles. The highest BCUT2D eigenvalue weighted by atomic mass is 79.9. The quantitative estimate of drug-likeness (QED) is 0.418. The number of halogens is 1. The minimum Gasteiger partial charge on any atom is -0.478 e. The van der Waals surface area contributed by atoms with Crippen molar-refractivity contribution in [1.29, 1.82) is 0 Å². The first-order chi connectivity index (χ1) is 13.4. The number of hydrogen-bond donors (Lipinski definition) is 2. The predicted octanol–water partition coefficient (Wildman–Crippen LogP) is 5.58. The number of hydrogen-bond acceptors (Lipinski definition) is 5. The van der Waals surface area contributed by atoms with Crippen molar-refractivity contribution in [3.63, 3.8) is 0 Å². The van der Waals surface area contributed by atoms with E-state index in [0.29, 0.717) is 16.0 Å². The summed E-state index contributed by atoms with van der Waals surface area (Å²) in [6.07, 6.45) is 0. The van der Waals surface area contributed by atoms with E-state index in [-0.39, 0.29) is 17.1 Å². The van der Waals surface area contributed by atoms with Crippen molar-refractivity contribution in [2.45, 2.75) is 6.92 Å². The highest BCUT2D eigenvalue weighted by Gasteiger charge is 2.23. The lowest BCUT2D eigenvalue weighted by atomic mass is 10.1. The van der Waals surface area contributed by atoms with Gasteiger partial charge in [0, 0.05) is 9.85 Å². The molecule has 2 aromatic heterocycles. The summed E-state index contributed by atoms with van der Waals surface area (Å²) in [5.41, 5.74) is 3.06. The molecule has 28 heavy (non-hydrogen) atoms. The van der Waals surface area contributed by atoms with Crippen molar-refractivity contribution in [2.75, 3.05) is 5.32 Å². The topological polar surface area (TPSA) is 92.4 Å². The first-order valence-electron chi connectivity index (χ1n) is 8.21. The van der Waals surface area contributed by atoms with Crippen LogP contribution in [0.15, 0.2) is 56.7 Å². The Kier molecular flexibility index (Phi) is 4.74. The van der Waals surface area contributed by atoms with Crippen molar-refractivity contribution < 1.29 is 19.1 Å². The first kappa shape index (κ1) is 18.4. The van der Waals surface area contributed by atoms with Crippen LogP contribution < -0.4 is 5.32 Å². The van der Waals surface area contributed by atoms with Gasteiger partial charge in [-0.3, -0.25) is 4.79 Å². The van der Waals surface area contributed by atoms with Crippen LogP contribution in [0.25, 0.3) is 21.5 Å². The number of nitrogens with zero attached hydrogens (tertiary/aromatic N) is 1. The molecule has 0 fully saturated rings. The fourth-order valence-corrected chi connectivity index (χ4v) is 4.05. The van der Waals surface area contributed by atoms with E-state index in [9.17, 15) is 14.7 Å². The molecule has 0 atom stereocenters. The Morgan fingerprint density at radius 1 is 1.18 bits per heavy atom. The molecule has 4 rings (SSSR count). The number of oxazole rings is 1. The Labute approximate surface area is 172 Å². The number of aromatic carboxylic acids is 1. The third-order valence-electron chi connectivity index (χ3n) is 4.10. The number of aryl methyl sites for hydroxylation is 1. The van der Waals surface area contributed by atoms with E-state index in [1.165, 1.54) is 11.3 Å². The molecule has 2 aromatic carbocycles. The molecule has 0 unspecified atom stereocenters. The van der Waals surface area contributed by atoms with Crippen LogP contribution in [0, 0.1) is 6.92 Å². The van der Waals surface area contributed by atoms with Crippen LogP contribution in [0.2, 0.25) is 0 Å². The molecule has 0 saturated heterocycles. The third kappa shape index (κ3) is 3.44. The van der Waals surface area contributed by atoms with Crippen LogP contribution in [-0.4, -0.2) is 22.0 Å². The summed E-state index contributed by atoms with van der Waals surface area (Å²) in [5, 5.41) is 13.9. The van der Waals surface area contributed by atoms with Gasteiger partial charge in [0.25, 0.3) is 5.89 Å². The largest absolute Gasteiger partial charge is 0.478 e. The predicted molar refractivity (Wildman–Crippen MR) is 111 cm³/mol. The van der Waals surface area contributed by atoms with Gasteiger partial charge < -0.3 is 14.8 Å². The molecule has 0 aliphatic rings. The molecule has 4 aromatic rings. The number of carboxylic acids is 1. The summed E-state index contributed by atoms with van der Waals surface area (Å²) >= 11 is 4.61. The molecule has 1 amide bonds. The van der Waals surface area contributed by atoms with Gasteiger partial charge in [0.2, 0.25) is 0 Å². The Hall–Kier alpha value is -2.97. The van der Waals surface area contributed by atoms with E-state index in [1.54, 1.807) is 11.4 Å². The van der Waals surface area contributed by atoms with Crippen molar-refractivity contribution in [3.8, 4) is 10.4 Å². The highest BCUT2D eigenvalue weighted by molar-refractivity contribution is 9.10. The van der Waals surface area contributed by atoms with Gasteiger partial charge >= 0.3 is 11.9 Å². The summed E-state index contributed by atoms with van der Waals surface area (Å²) in [6, 6.07) is 12.7. The van der Waals surface area contributed by atoms with Crippen molar-refractivity contribution in [2.24, 2.45) is 0 Å². The molecule has 0 bridgehead atoms. The molecule has 0 aliphatic carbocycles. The van der Waals surface area contributed by atoms with Gasteiger partial charge in [-0.25, -0.2) is 9.78 Å². The van der Waals surface area contributed by atoms with Crippen molar-refractivity contribution in [1.82, 2.24) is 4.98 Å². The van der Waals surface area contributed by atoms with Crippen LogP contribution in [-0.2, 0) is 0 Å². The second-order valence-electron chi connectivity index (χ2n) is 6.11. The lowest BCUT2D eigenvalue weighted by Gasteiger charge is -2.04. The summed E-state index contributed by atoms with van der Waals surface area (Å²) in [6.45, 7) is 1.92. The first-order valence-corrected chi connectivity index (χ1v) is 9.89. The number of carbonyl (C=O) groups is 2. The Morgan fingerprint density at radius 3 is 2.64 bits per heavy atom. The summed E-state index contributed by atoms with van der Waals surface area (Å²) in [5.74, 6) is -1.84. The average molecular weight is 457 g/mol. The average Bonchev–Trinajstić information content (AvgIpc) is 3.26. The lowest BCUT2D eigenvalue weighted by Crippen LogP contribution is -2.14. The number of nitrogens with one attached hydrogen (secondary N) is 1. The van der Waals surface area contributed by atoms with E-state index in [2.05, 4.69) is 26.2 Å². The normalized spacial score (nSPS) is 10.9. The monoisotopic (exact) mass is 456 g/mol. The third-order valence-corrected chi connectivity index (χ3v) is 5.65. The molecule has 0 radical (unpaired) electrons. The van der Waals surface area contributed by atoms with E-state index in [1.807, 2.05) is 43.3 Å². The summed E-state index contributed by atoms with van der Waals surface area (Å²) in [4.78, 5) is 29.2. The molecule has 8 heteroatoms. The van der Waals surface area contributed by atoms with E-state index < -0.39 is 11.9 Å². The second kappa shape index (κ2) is 7.21. The van der Waals surface area contributed by atoms with E-state index in [0.717, 1.165) is 15.6 Å². The molecule has 6 nitrogen and oxygen atoms in total. The van der Waals surface area contributed by atoms with Crippen LogP contribution in [0.5, 0.6) is 0 Å². The van der Waals surface area contributed by atoms with Gasteiger partial charge in [-0.1, -0.05) is 34.1 Å². The van der Waals surface area contributed by atoms with Crippen LogP contribution in [0.3, 0.4) is 0 Å². The van der Waals surface area contributed by atoms with E-state index in [4.69, 9.17) is 4.42 Å². The minimum absolute atomic E-state index is 0.0348. The SMILES string of the molecule is Cc1ccc2oc(C(=O)Nc3csc(-c4ccc(Br)cc4)c3C(=O)O)nc2c1. The van der Waals surface area contributed by atoms with Gasteiger partial charge in [0.1, 0.15) is 11.1 Å². The van der Waals surface area contributed by atoms with Gasteiger partial charge in [-0.15, -0.1) is 11.3 Å².